The van der Waals surface area contributed by atoms with Crippen LogP contribution in [0.4, 0.5) is 4.79 Å². The topological polar surface area (TPSA) is 138 Å². The van der Waals surface area contributed by atoms with Crippen LogP contribution in [0.25, 0.3) is 0 Å². The van der Waals surface area contributed by atoms with Crippen LogP contribution in [0, 0.1) is 0 Å². The average molecular weight is 308 g/mol. The molecule has 8 nitrogen and oxygen atoms in total. The molecule has 100 valence electrons. The van der Waals surface area contributed by atoms with E-state index in [9.17, 15) is 9.59 Å². The second-order valence-electron chi connectivity index (χ2n) is 2.02. The van der Waals surface area contributed by atoms with Gasteiger partial charge in [-0.05, 0) is 6.92 Å². The van der Waals surface area contributed by atoms with Crippen LogP contribution < -0.4 is 29.6 Å². The van der Waals surface area contributed by atoms with Crippen LogP contribution in [0.3, 0.4) is 0 Å². The Hall–Kier alpha value is -0.178. The van der Waals surface area contributed by atoms with Gasteiger partial charge in [0.1, 0.15) is 0 Å². The first-order valence-electron chi connectivity index (χ1n) is 3.60. The SMILES string of the molecule is C/C=C/C=C/C(=O)OC(=O)O.O=S(=O)(O)O.[AlH3].[H-].[Na+]. The van der Waals surface area contributed by atoms with Gasteiger partial charge in [-0.25, -0.2) is 9.59 Å². The molecule has 0 fully saturated rings. The number of allylic oxidation sites excluding steroid dienone is 3. The fourth-order valence-electron chi connectivity index (χ4n) is 0.365. The molecule has 0 aliphatic rings. The Labute approximate surface area is 138 Å². The van der Waals surface area contributed by atoms with E-state index in [2.05, 4.69) is 4.74 Å². The zero-order valence-corrected chi connectivity index (χ0v) is 11.9. The van der Waals surface area contributed by atoms with Crippen molar-refractivity contribution in [1.29, 1.82) is 0 Å². The Balaban J connectivity index is -0.0000000717. The van der Waals surface area contributed by atoms with Crippen LogP contribution in [0.15, 0.2) is 24.3 Å². The summed E-state index contributed by atoms with van der Waals surface area (Å²) in [6, 6.07) is 0. The van der Waals surface area contributed by atoms with Crippen molar-refractivity contribution in [3.05, 3.63) is 24.3 Å². The minimum atomic E-state index is -4.67. The second-order valence-corrected chi connectivity index (χ2v) is 2.92. The van der Waals surface area contributed by atoms with Gasteiger partial charge in [0.2, 0.25) is 0 Å². The fourth-order valence-corrected chi connectivity index (χ4v) is 0.365. The summed E-state index contributed by atoms with van der Waals surface area (Å²) < 4.78 is 35.3. The van der Waals surface area contributed by atoms with E-state index in [-0.39, 0.29) is 48.3 Å². The summed E-state index contributed by atoms with van der Waals surface area (Å²) in [5.41, 5.74) is 0. The van der Waals surface area contributed by atoms with Crippen LogP contribution in [0.2, 0.25) is 0 Å². The molecule has 0 rings (SSSR count). The summed E-state index contributed by atoms with van der Waals surface area (Å²) in [7, 11) is -4.67. The van der Waals surface area contributed by atoms with Gasteiger partial charge >= 0.3 is 52.1 Å². The number of hydrogen-bond donors (Lipinski definition) is 3. The third kappa shape index (κ3) is 44.7. The molecule has 0 aliphatic carbocycles. The van der Waals surface area contributed by atoms with E-state index in [1.165, 1.54) is 6.08 Å². The first-order chi connectivity index (χ1) is 7.16. The Morgan fingerprint density at radius 3 is 1.89 bits per heavy atom. The number of carbonyl (C=O) groups excluding carboxylic acids is 1. The predicted octanol–water partition coefficient (Wildman–Crippen LogP) is -3.38. The Kier molecular flexibility index (Phi) is 21.8. The summed E-state index contributed by atoms with van der Waals surface area (Å²) in [6.45, 7) is 1.77. The monoisotopic (exact) mass is 308 g/mol. The number of carbonyl (C=O) groups is 2. The van der Waals surface area contributed by atoms with Gasteiger partial charge in [-0.15, -0.1) is 0 Å². The largest absolute Gasteiger partial charge is 1.00 e. The van der Waals surface area contributed by atoms with Gasteiger partial charge in [-0.3, -0.25) is 9.11 Å². The number of carboxylic acid groups (broad SMARTS) is 1. The van der Waals surface area contributed by atoms with Crippen molar-refractivity contribution in [2.45, 2.75) is 6.92 Å². The van der Waals surface area contributed by atoms with Crippen molar-refractivity contribution in [2.75, 3.05) is 0 Å². The van der Waals surface area contributed by atoms with E-state index in [0.717, 1.165) is 6.08 Å². The smallest absolute Gasteiger partial charge is 1.00 e. The maximum Gasteiger partial charge on any atom is 1.00 e. The van der Waals surface area contributed by atoms with Crippen LogP contribution in [-0.4, -0.2) is 52.1 Å². The number of esters is 1. The normalized spacial score (nSPS) is 9.72. The quantitative estimate of drug-likeness (QED) is 0.120. The molecule has 0 unspecified atom stereocenters. The molecule has 0 aliphatic heterocycles. The Morgan fingerprint density at radius 2 is 1.61 bits per heavy atom. The van der Waals surface area contributed by atoms with Crippen molar-refractivity contribution in [3.63, 3.8) is 0 Å². The van der Waals surface area contributed by atoms with Crippen molar-refractivity contribution in [2.24, 2.45) is 0 Å². The molecule has 11 heteroatoms. The molecule has 0 spiro atoms. The van der Waals surface area contributed by atoms with Gasteiger partial charge < -0.3 is 11.3 Å². The van der Waals surface area contributed by atoms with Crippen molar-refractivity contribution >= 4 is 39.9 Å². The molecular formula is C7H14AlNaO8S. The first-order valence-corrected chi connectivity index (χ1v) is 5.00. The van der Waals surface area contributed by atoms with Crippen LogP contribution in [0.5, 0.6) is 0 Å². The third-order valence-corrected chi connectivity index (χ3v) is 0.724. The molecule has 0 aromatic heterocycles. The van der Waals surface area contributed by atoms with Crippen molar-refractivity contribution < 1.29 is 67.9 Å². The summed E-state index contributed by atoms with van der Waals surface area (Å²) in [5.74, 6) is -0.893. The standard InChI is InChI=1S/C7H8O4.Al.Na.H2O4S.4H/c1-2-3-4-5-6(8)11-7(9)10;;;1-5(2,3)4;;;;/h2-5H,1H3,(H,9,10);;;(H2,1,2,3,4);;;;/q;;+1;;;;;-1/b3-2+,5-4+;;;;;;;. The van der Waals surface area contributed by atoms with Crippen LogP contribution in [0.1, 0.15) is 8.35 Å². The molecule has 0 saturated carbocycles. The third-order valence-electron chi connectivity index (χ3n) is 0.724. The van der Waals surface area contributed by atoms with E-state index in [1.54, 1.807) is 19.1 Å². The van der Waals surface area contributed by atoms with E-state index < -0.39 is 22.5 Å². The summed E-state index contributed by atoms with van der Waals surface area (Å²) >= 11 is 0. The molecule has 18 heavy (non-hydrogen) atoms. The minimum Gasteiger partial charge on any atom is -1.00 e. The van der Waals surface area contributed by atoms with Gasteiger partial charge in [0.25, 0.3) is 0 Å². The van der Waals surface area contributed by atoms with Crippen molar-refractivity contribution in [1.82, 2.24) is 0 Å². The Morgan fingerprint density at radius 1 is 1.22 bits per heavy atom. The van der Waals surface area contributed by atoms with Gasteiger partial charge in [0, 0.05) is 6.08 Å². The molecule has 0 aromatic carbocycles. The van der Waals surface area contributed by atoms with E-state index >= 15 is 0 Å². The van der Waals surface area contributed by atoms with E-state index in [4.69, 9.17) is 22.6 Å². The molecule has 0 radical (unpaired) electrons. The maximum atomic E-state index is 10.4. The molecule has 3 N–H and O–H groups in total. The van der Waals surface area contributed by atoms with Gasteiger partial charge in [-0.2, -0.15) is 8.42 Å². The molecule has 0 bridgehead atoms. The summed E-state index contributed by atoms with van der Waals surface area (Å²) in [4.78, 5) is 20.2. The molecule has 0 atom stereocenters. The molecule has 0 aromatic rings. The number of ether oxygens (including phenoxy) is 1. The minimum absolute atomic E-state index is 0. The molecule has 0 amide bonds. The predicted molar refractivity (Wildman–Crippen MR) is 63.3 cm³/mol. The summed E-state index contributed by atoms with van der Waals surface area (Å²) in [6.07, 6.45) is 4.10. The first kappa shape index (κ1) is 26.4. The molecule has 0 heterocycles. The van der Waals surface area contributed by atoms with Crippen LogP contribution in [-0.2, 0) is 19.9 Å². The number of hydrogen-bond acceptors (Lipinski definition) is 5. The van der Waals surface area contributed by atoms with E-state index in [0.29, 0.717) is 0 Å². The zero-order valence-electron chi connectivity index (χ0n) is 10.1. The van der Waals surface area contributed by atoms with Crippen molar-refractivity contribution in [3.8, 4) is 0 Å². The molecule has 0 saturated heterocycles. The zero-order chi connectivity index (χ0) is 13.2. The fraction of sp³-hybridized carbons (Fsp3) is 0.143. The molecular weight excluding hydrogens is 294 g/mol. The van der Waals surface area contributed by atoms with Gasteiger partial charge in [0.15, 0.2) is 17.4 Å². The second kappa shape index (κ2) is 14.9. The summed E-state index contributed by atoms with van der Waals surface area (Å²) in [5, 5.41) is 7.95. The van der Waals surface area contributed by atoms with Crippen LogP contribution >= 0.6 is 0 Å². The maximum absolute atomic E-state index is 10.4. The van der Waals surface area contributed by atoms with Gasteiger partial charge in [0.05, 0.1) is 0 Å². The number of rotatable bonds is 2. The Bertz CT molecular complexity index is 386. The average Bonchev–Trinajstić information content (AvgIpc) is 1.99. The van der Waals surface area contributed by atoms with Gasteiger partial charge in [-0.1, -0.05) is 18.2 Å². The van der Waals surface area contributed by atoms with E-state index in [1.807, 2.05) is 0 Å².